The van der Waals surface area contributed by atoms with Crippen molar-refractivity contribution in [2.45, 2.75) is 45.8 Å². The smallest absolute Gasteiger partial charge is 0.478 e. The van der Waals surface area contributed by atoms with E-state index in [-0.39, 0.29) is 11.2 Å². The summed E-state index contributed by atoms with van der Waals surface area (Å²) >= 11 is 0. The van der Waals surface area contributed by atoms with Gasteiger partial charge < -0.3 is 14.4 Å². The van der Waals surface area contributed by atoms with Gasteiger partial charge in [0.2, 0.25) is 0 Å². The van der Waals surface area contributed by atoms with E-state index in [9.17, 15) is 9.90 Å². The molecule has 4 nitrogen and oxygen atoms in total. The lowest BCUT2D eigenvalue weighted by Crippen LogP contribution is -2.41. The topological polar surface area (TPSA) is 55.8 Å². The first-order valence-electron chi connectivity index (χ1n) is 7.74. The fourth-order valence-electron chi connectivity index (χ4n) is 2.86. The first-order chi connectivity index (χ1) is 10.6. The minimum absolute atomic E-state index is 0.334. The van der Waals surface area contributed by atoms with Crippen LogP contribution in [-0.4, -0.2) is 29.4 Å². The predicted molar refractivity (Wildman–Crippen MR) is 91.4 cm³/mol. The van der Waals surface area contributed by atoms with Crippen LogP contribution in [-0.2, 0) is 9.31 Å². The Labute approximate surface area is 136 Å². The lowest BCUT2D eigenvalue weighted by atomic mass is 9.78. The molecule has 23 heavy (non-hydrogen) atoms. The van der Waals surface area contributed by atoms with Gasteiger partial charge in [0, 0.05) is 0 Å². The van der Waals surface area contributed by atoms with E-state index in [1.165, 1.54) is 0 Å². The number of carbonyl (C=O) groups is 1. The average molecular weight is 312 g/mol. The number of aryl methyl sites for hydroxylation is 1. The van der Waals surface area contributed by atoms with Gasteiger partial charge in [-0.2, -0.15) is 0 Å². The SMILES string of the molecule is Cc1c(C(=O)O)ccc2cc(B3OC(C)(C)C(C)(C)O3)ccc12. The summed E-state index contributed by atoms with van der Waals surface area (Å²) in [5.41, 5.74) is 1.29. The minimum atomic E-state index is -0.903. The Morgan fingerprint density at radius 2 is 1.65 bits per heavy atom. The van der Waals surface area contributed by atoms with E-state index in [2.05, 4.69) is 0 Å². The minimum Gasteiger partial charge on any atom is -0.478 e. The predicted octanol–water partition coefficient (Wildman–Crippen LogP) is 3.15. The molecule has 1 N–H and O–H groups in total. The van der Waals surface area contributed by atoms with E-state index in [0.29, 0.717) is 5.56 Å². The van der Waals surface area contributed by atoms with Gasteiger partial charge in [0.1, 0.15) is 0 Å². The van der Waals surface area contributed by atoms with E-state index in [1.807, 2.05) is 58.9 Å². The molecule has 1 fully saturated rings. The van der Waals surface area contributed by atoms with Crippen LogP contribution < -0.4 is 5.46 Å². The van der Waals surface area contributed by atoms with Crippen molar-refractivity contribution in [1.82, 2.24) is 0 Å². The molecule has 0 aliphatic carbocycles. The van der Waals surface area contributed by atoms with Crippen molar-refractivity contribution in [2.75, 3.05) is 0 Å². The molecule has 0 bridgehead atoms. The number of carboxylic acid groups (broad SMARTS) is 1. The lowest BCUT2D eigenvalue weighted by molar-refractivity contribution is 0.00578. The van der Waals surface area contributed by atoms with Crippen LogP contribution in [0.4, 0.5) is 0 Å². The van der Waals surface area contributed by atoms with Gasteiger partial charge >= 0.3 is 13.1 Å². The molecular formula is C18H21BO4. The number of fused-ring (bicyclic) bond motifs is 1. The third-order valence-electron chi connectivity index (χ3n) is 5.07. The Bertz CT molecular complexity index is 779. The van der Waals surface area contributed by atoms with Crippen molar-refractivity contribution >= 4 is 29.3 Å². The Morgan fingerprint density at radius 3 is 2.22 bits per heavy atom. The second-order valence-corrected chi connectivity index (χ2v) is 7.11. The second kappa shape index (κ2) is 5.08. The first-order valence-corrected chi connectivity index (χ1v) is 7.74. The van der Waals surface area contributed by atoms with Gasteiger partial charge in [0.05, 0.1) is 16.8 Å². The highest BCUT2D eigenvalue weighted by atomic mass is 16.7. The average Bonchev–Trinajstić information content (AvgIpc) is 2.67. The van der Waals surface area contributed by atoms with Crippen LogP contribution >= 0.6 is 0 Å². The van der Waals surface area contributed by atoms with Crippen molar-refractivity contribution in [1.29, 1.82) is 0 Å². The number of rotatable bonds is 2. The van der Waals surface area contributed by atoms with E-state index in [0.717, 1.165) is 21.8 Å². The Hall–Kier alpha value is -1.85. The highest BCUT2D eigenvalue weighted by Gasteiger charge is 2.51. The Balaban J connectivity index is 2.02. The zero-order valence-electron chi connectivity index (χ0n) is 14.1. The van der Waals surface area contributed by atoms with Crippen molar-refractivity contribution in [3.8, 4) is 0 Å². The molecule has 0 unspecified atom stereocenters. The normalized spacial score (nSPS) is 19.3. The zero-order valence-corrected chi connectivity index (χ0v) is 14.1. The van der Waals surface area contributed by atoms with Crippen LogP contribution in [0, 0.1) is 6.92 Å². The van der Waals surface area contributed by atoms with Crippen LogP contribution in [0.5, 0.6) is 0 Å². The quantitative estimate of drug-likeness (QED) is 0.866. The number of hydrogen-bond acceptors (Lipinski definition) is 3. The molecule has 1 saturated heterocycles. The van der Waals surface area contributed by atoms with Crippen LogP contribution in [0.1, 0.15) is 43.6 Å². The molecule has 0 aromatic heterocycles. The first kappa shape index (κ1) is 16.0. The van der Waals surface area contributed by atoms with Crippen LogP contribution in [0.15, 0.2) is 30.3 Å². The summed E-state index contributed by atoms with van der Waals surface area (Å²) in [6.07, 6.45) is 0. The highest BCUT2D eigenvalue weighted by molar-refractivity contribution is 6.62. The fourth-order valence-corrected chi connectivity index (χ4v) is 2.86. The maximum absolute atomic E-state index is 11.2. The third-order valence-corrected chi connectivity index (χ3v) is 5.07. The maximum atomic E-state index is 11.2. The summed E-state index contributed by atoms with van der Waals surface area (Å²) < 4.78 is 12.1. The highest BCUT2D eigenvalue weighted by Crippen LogP contribution is 2.36. The van der Waals surface area contributed by atoms with Crippen molar-refractivity contribution in [3.63, 3.8) is 0 Å². The summed E-state index contributed by atoms with van der Waals surface area (Å²) in [6, 6.07) is 9.38. The number of hydrogen-bond donors (Lipinski definition) is 1. The summed E-state index contributed by atoms with van der Waals surface area (Å²) in [6.45, 7) is 9.93. The van der Waals surface area contributed by atoms with Gasteiger partial charge in [-0.1, -0.05) is 24.3 Å². The van der Waals surface area contributed by atoms with E-state index in [4.69, 9.17) is 9.31 Å². The van der Waals surface area contributed by atoms with Gasteiger partial charge in [-0.15, -0.1) is 0 Å². The molecule has 1 heterocycles. The van der Waals surface area contributed by atoms with Crippen LogP contribution in [0.25, 0.3) is 10.8 Å². The molecule has 5 heteroatoms. The summed E-state index contributed by atoms with van der Waals surface area (Å²) in [7, 11) is -0.413. The number of aromatic carboxylic acids is 1. The molecule has 3 rings (SSSR count). The maximum Gasteiger partial charge on any atom is 0.494 e. The zero-order chi connectivity index (χ0) is 17.0. The molecule has 0 atom stereocenters. The standard InChI is InChI=1S/C18H21BO4/c1-11-14-9-7-13(10-12(14)6-8-15(11)16(20)21)19-22-17(2,3)18(4,5)23-19/h6-10H,1-5H3,(H,20,21). The van der Waals surface area contributed by atoms with Gasteiger partial charge in [0.25, 0.3) is 0 Å². The molecule has 0 radical (unpaired) electrons. The molecule has 0 saturated carbocycles. The van der Waals surface area contributed by atoms with Crippen molar-refractivity contribution in [2.24, 2.45) is 0 Å². The van der Waals surface area contributed by atoms with Gasteiger partial charge in [-0.05, 0) is 62.5 Å². The van der Waals surface area contributed by atoms with Gasteiger partial charge in [-0.3, -0.25) is 0 Å². The largest absolute Gasteiger partial charge is 0.494 e. The number of benzene rings is 2. The van der Waals surface area contributed by atoms with Gasteiger partial charge in [0.15, 0.2) is 0 Å². The molecule has 120 valence electrons. The summed E-state index contributed by atoms with van der Waals surface area (Å²) in [5, 5.41) is 11.1. The van der Waals surface area contributed by atoms with Crippen molar-refractivity contribution < 1.29 is 19.2 Å². The Morgan fingerprint density at radius 1 is 1.04 bits per heavy atom. The molecule has 2 aromatic rings. The molecular weight excluding hydrogens is 291 g/mol. The third kappa shape index (κ3) is 2.54. The molecule has 1 aliphatic rings. The number of carboxylic acids is 1. The van der Waals surface area contributed by atoms with Crippen LogP contribution in [0.2, 0.25) is 0 Å². The van der Waals surface area contributed by atoms with Crippen molar-refractivity contribution in [3.05, 3.63) is 41.5 Å². The second-order valence-electron chi connectivity index (χ2n) is 7.11. The summed E-state index contributed by atoms with van der Waals surface area (Å²) in [5.74, 6) is -0.903. The van der Waals surface area contributed by atoms with Gasteiger partial charge in [-0.25, -0.2) is 4.79 Å². The molecule has 0 amide bonds. The monoisotopic (exact) mass is 312 g/mol. The van der Waals surface area contributed by atoms with E-state index < -0.39 is 13.1 Å². The Kier molecular flexibility index (Phi) is 3.54. The molecule has 2 aromatic carbocycles. The van der Waals surface area contributed by atoms with E-state index in [1.54, 1.807) is 6.07 Å². The van der Waals surface area contributed by atoms with E-state index >= 15 is 0 Å². The fraction of sp³-hybridized carbons (Fsp3) is 0.389. The van der Waals surface area contributed by atoms with Crippen LogP contribution in [0.3, 0.4) is 0 Å². The summed E-state index contributed by atoms with van der Waals surface area (Å²) in [4.78, 5) is 11.2. The molecule has 1 aliphatic heterocycles. The lowest BCUT2D eigenvalue weighted by Gasteiger charge is -2.32. The molecule has 0 spiro atoms.